The van der Waals surface area contributed by atoms with Crippen molar-refractivity contribution in [2.45, 2.75) is 6.92 Å². The van der Waals surface area contributed by atoms with Crippen LogP contribution in [0.25, 0.3) is 0 Å². The van der Waals surface area contributed by atoms with E-state index < -0.39 is 11.8 Å². The summed E-state index contributed by atoms with van der Waals surface area (Å²) in [7, 11) is 1.45. The molecule has 0 aromatic heterocycles. The van der Waals surface area contributed by atoms with E-state index in [-0.39, 0.29) is 5.56 Å². The van der Waals surface area contributed by atoms with Crippen LogP contribution in [-0.2, 0) is 4.79 Å². The van der Waals surface area contributed by atoms with Gasteiger partial charge in [0.1, 0.15) is 5.75 Å². The molecule has 1 aromatic carbocycles. The van der Waals surface area contributed by atoms with E-state index in [0.717, 1.165) is 5.56 Å². The quantitative estimate of drug-likeness (QED) is 0.676. The van der Waals surface area contributed by atoms with Gasteiger partial charge in [-0.1, -0.05) is 0 Å². The molecule has 15 heavy (non-hydrogen) atoms. The van der Waals surface area contributed by atoms with Crippen molar-refractivity contribution >= 4 is 27.7 Å². The molecule has 80 valence electrons. The lowest BCUT2D eigenvalue weighted by Gasteiger charge is -2.08. The number of benzene rings is 1. The molecule has 0 heterocycles. The van der Waals surface area contributed by atoms with E-state index in [1.54, 1.807) is 13.0 Å². The molecule has 0 spiro atoms. The van der Waals surface area contributed by atoms with Crippen molar-refractivity contribution in [1.29, 1.82) is 0 Å². The van der Waals surface area contributed by atoms with Crippen molar-refractivity contribution in [3.8, 4) is 5.75 Å². The highest BCUT2D eigenvalue weighted by molar-refractivity contribution is 9.10. The van der Waals surface area contributed by atoms with Gasteiger partial charge in [0.25, 0.3) is 5.78 Å². The first-order chi connectivity index (χ1) is 6.97. The molecule has 0 saturated heterocycles. The lowest BCUT2D eigenvalue weighted by Crippen LogP contribution is -2.13. The first-order valence-corrected chi connectivity index (χ1v) is 4.88. The van der Waals surface area contributed by atoms with Crippen LogP contribution in [-0.4, -0.2) is 24.0 Å². The van der Waals surface area contributed by atoms with Gasteiger partial charge in [0.05, 0.1) is 11.6 Å². The fourth-order valence-electron chi connectivity index (χ4n) is 1.16. The predicted octanol–water partition coefficient (Wildman–Crippen LogP) is 2.03. The number of hydrogen-bond acceptors (Lipinski definition) is 3. The average molecular weight is 273 g/mol. The van der Waals surface area contributed by atoms with Crippen molar-refractivity contribution in [2.24, 2.45) is 0 Å². The van der Waals surface area contributed by atoms with E-state index in [9.17, 15) is 9.59 Å². The monoisotopic (exact) mass is 272 g/mol. The summed E-state index contributed by atoms with van der Waals surface area (Å²) in [5.41, 5.74) is 0.860. The highest BCUT2D eigenvalue weighted by Gasteiger charge is 2.20. The highest BCUT2D eigenvalue weighted by Crippen LogP contribution is 2.30. The molecule has 1 rings (SSSR count). The molecule has 0 amide bonds. The maximum absolute atomic E-state index is 11.3. The molecule has 0 radical (unpaired) electrons. The Balaban J connectivity index is 3.35. The molecule has 0 aliphatic carbocycles. The molecule has 0 fully saturated rings. The van der Waals surface area contributed by atoms with Gasteiger partial charge in [-0.05, 0) is 40.5 Å². The zero-order chi connectivity index (χ0) is 11.6. The van der Waals surface area contributed by atoms with Crippen molar-refractivity contribution in [1.82, 2.24) is 0 Å². The fraction of sp³-hybridized carbons (Fsp3) is 0.200. The summed E-state index contributed by atoms with van der Waals surface area (Å²) in [5, 5.41) is 8.60. The van der Waals surface area contributed by atoms with Crippen LogP contribution in [0.1, 0.15) is 15.9 Å². The van der Waals surface area contributed by atoms with E-state index in [1.807, 2.05) is 0 Å². The Labute approximate surface area is 95.0 Å². The Morgan fingerprint density at radius 1 is 1.40 bits per heavy atom. The first kappa shape index (κ1) is 11.7. The summed E-state index contributed by atoms with van der Waals surface area (Å²) >= 11 is 3.14. The molecule has 4 nitrogen and oxygen atoms in total. The lowest BCUT2D eigenvalue weighted by molar-refractivity contribution is -0.131. The second-order valence-corrected chi connectivity index (χ2v) is 3.76. The van der Waals surface area contributed by atoms with Crippen molar-refractivity contribution in [2.75, 3.05) is 7.11 Å². The Hall–Kier alpha value is -1.36. The number of rotatable bonds is 3. The van der Waals surface area contributed by atoms with Crippen LogP contribution < -0.4 is 4.74 Å². The summed E-state index contributed by atoms with van der Waals surface area (Å²) in [6.45, 7) is 1.76. The molecular formula is C10H9BrO4. The van der Waals surface area contributed by atoms with Gasteiger partial charge in [-0.3, -0.25) is 4.79 Å². The second kappa shape index (κ2) is 4.44. The van der Waals surface area contributed by atoms with Crippen LogP contribution >= 0.6 is 15.9 Å². The van der Waals surface area contributed by atoms with E-state index in [2.05, 4.69) is 15.9 Å². The number of ketones is 1. The zero-order valence-corrected chi connectivity index (χ0v) is 9.79. The minimum absolute atomic E-state index is 0.0966. The number of aryl methyl sites for hydroxylation is 1. The summed E-state index contributed by atoms with van der Waals surface area (Å²) in [5.74, 6) is -1.99. The first-order valence-electron chi connectivity index (χ1n) is 4.09. The third-order valence-electron chi connectivity index (χ3n) is 1.84. The Morgan fingerprint density at radius 3 is 2.47 bits per heavy atom. The molecule has 0 atom stereocenters. The summed E-state index contributed by atoms with van der Waals surface area (Å²) in [6.07, 6.45) is 0. The second-order valence-electron chi connectivity index (χ2n) is 2.96. The SMILES string of the molecule is COc1cc(C)cc(C(=O)C(=O)O)c1Br. The van der Waals surface area contributed by atoms with Gasteiger partial charge in [0, 0.05) is 5.56 Å². The molecule has 0 saturated carbocycles. The fourth-order valence-corrected chi connectivity index (χ4v) is 1.74. The van der Waals surface area contributed by atoms with Gasteiger partial charge < -0.3 is 9.84 Å². The Morgan fingerprint density at radius 2 is 2.00 bits per heavy atom. The van der Waals surface area contributed by atoms with Gasteiger partial charge in [-0.25, -0.2) is 4.79 Å². The molecule has 5 heteroatoms. The van der Waals surface area contributed by atoms with Crippen LogP contribution in [0.3, 0.4) is 0 Å². The molecule has 0 unspecified atom stereocenters. The number of carboxylic acid groups (broad SMARTS) is 1. The van der Waals surface area contributed by atoms with Crippen LogP contribution in [0.5, 0.6) is 5.75 Å². The van der Waals surface area contributed by atoms with Gasteiger partial charge in [-0.2, -0.15) is 0 Å². The van der Waals surface area contributed by atoms with E-state index in [1.165, 1.54) is 13.2 Å². The predicted molar refractivity (Wildman–Crippen MR) is 57.4 cm³/mol. The summed E-state index contributed by atoms with van der Waals surface area (Å²) in [4.78, 5) is 21.9. The molecular weight excluding hydrogens is 264 g/mol. The third-order valence-corrected chi connectivity index (χ3v) is 2.66. The number of carbonyl (C=O) groups is 2. The normalized spacial score (nSPS) is 9.80. The number of Topliss-reactive ketones (excluding diaryl/α,β-unsaturated/α-hetero) is 1. The molecule has 0 aliphatic heterocycles. The van der Waals surface area contributed by atoms with E-state index >= 15 is 0 Å². The number of aliphatic carboxylic acids is 1. The van der Waals surface area contributed by atoms with Crippen LogP contribution in [0.4, 0.5) is 0 Å². The molecule has 0 bridgehead atoms. The minimum Gasteiger partial charge on any atom is -0.496 e. The number of hydrogen-bond donors (Lipinski definition) is 1. The Bertz CT molecular complexity index is 426. The lowest BCUT2D eigenvalue weighted by atomic mass is 10.1. The number of halogens is 1. The zero-order valence-electron chi connectivity index (χ0n) is 8.20. The smallest absolute Gasteiger partial charge is 0.377 e. The average Bonchev–Trinajstić information content (AvgIpc) is 2.19. The number of carboxylic acids is 1. The van der Waals surface area contributed by atoms with Gasteiger partial charge in [-0.15, -0.1) is 0 Å². The minimum atomic E-state index is -1.48. The van der Waals surface area contributed by atoms with Crippen molar-refractivity contribution in [3.05, 3.63) is 27.7 Å². The van der Waals surface area contributed by atoms with Crippen LogP contribution in [0, 0.1) is 6.92 Å². The highest BCUT2D eigenvalue weighted by atomic mass is 79.9. The number of carbonyl (C=O) groups excluding carboxylic acids is 1. The maximum Gasteiger partial charge on any atom is 0.377 e. The summed E-state index contributed by atoms with van der Waals surface area (Å²) < 4.78 is 5.37. The topological polar surface area (TPSA) is 63.6 Å². The van der Waals surface area contributed by atoms with Gasteiger partial charge in [0.2, 0.25) is 0 Å². The summed E-state index contributed by atoms with van der Waals surface area (Å²) in [6, 6.07) is 3.21. The third kappa shape index (κ3) is 2.36. The Kier molecular flexibility index (Phi) is 3.47. The maximum atomic E-state index is 11.3. The van der Waals surface area contributed by atoms with Crippen LogP contribution in [0.15, 0.2) is 16.6 Å². The van der Waals surface area contributed by atoms with Gasteiger partial charge >= 0.3 is 5.97 Å². The molecule has 1 aromatic rings. The van der Waals surface area contributed by atoms with Crippen molar-refractivity contribution < 1.29 is 19.4 Å². The molecule has 1 N–H and O–H groups in total. The van der Waals surface area contributed by atoms with E-state index in [4.69, 9.17) is 9.84 Å². The van der Waals surface area contributed by atoms with Gasteiger partial charge in [0.15, 0.2) is 0 Å². The van der Waals surface area contributed by atoms with Crippen LogP contribution in [0.2, 0.25) is 0 Å². The number of methoxy groups -OCH3 is 1. The molecule has 0 aliphatic rings. The standard InChI is InChI=1S/C10H9BrO4/c1-5-3-6(9(12)10(13)14)8(11)7(4-5)15-2/h3-4H,1-2H3,(H,13,14). The number of ether oxygens (including phenoxy) is 1. The van der Waals surface area contributed by atoms with Crippen molar-refractivity contribution in [3.63, 3.8) is 0 Å². The largest absolute Gasteiger partial charge is 0.496 e. The van der Waals surface area contributed by atoms with E-state index in [0.29, 0.717) is 10.2 Å².